The van der Waals surface area contributed by atoms with Gasteiger partial charge in [-0.25, -0.2) is 0 Å². The second-order valence-corrected chi connectivity index (χ2v) is 3.92. The normalized spacial score (nSPS) is 19.4. The summed E-state index contributed by atoms with van der Waals surface area (Å²) in [5.41, 5.74) is 0.897. The molecule has 95 valence electrons. The van der Waals surface area contributed by atoms with Gasteiger partial charge >= 0.3 is 0 Å². The van der Waals surface area contributed by atoms with E-state index < -0.39 is 11.8 Å². The first-order valence-corrected chi connectivity index (χ1v) is 5.48. The minimum Gasteiger partial charge on any atom is -0.437 e. The first kappa shape index (κ1) is 16.0. The number of aliphatic hydroxyl groups is 1. The molecule has 1 aliphatic heterocycles. The van der Waals surface area contributed by atoms with Gasteiger partial charge in [-0.05, 0) is 5.56 Å². The van der Waals surface area contributed by atoms with E-state index in [1.54, 1.807) is 12.1 Å². The summed E-state index contributed by atoms with van der Waals surface area (Å²) in [5, 5.41) is 9.56. The zero-order chi connectivity index (χ0) is 13.0. The molecule has 0 spiro atoms. The van der Waals surface area contributed by atoms with Crippen LogP contribution >= 0.6 is 0 Å². The molecule has 1 radical (unpaired) electrons. The van der Waals surface area contributed by atoms with Crippen molar-refractivity contribution in [2.24, 2.45) is 0 Å². The molecule has 1 N–H and O–H groups in total. The summed E-state index contributed by atoms with van der Waals surface area (Å²) in [5.74, 6) is -1.96. The SMILES string of the molecule is CC1(O)OC(=O)c2c[c-]ccc21.[Y].[c-]1ccccc1. The van der Waals surface area contributed by atoms with Crippen molar-refractivity contribution in [3.63, 3.8) is 0 Å². The number of fused-ring (bicyclic) bond motifs is 1. The summed E-state index contributed by atoms with van der Waals surface area (Å²) in [6.07, 6.45) is 0. The molecule has 0 saturated carbocycles. The van der Waals surface area contributed by atoms with Crippen LogP contribution in [0.5, 0.6) is 0 Å². The largest absolute Gasteiger partial charge is 0.437 e. The fraction of sp³-hybridized carbons (Fsp3) is 0.133. The Balaban J connectivity index is 0.000000220. The number of rotatable bonds is 0. The zero-order valence-corrected chi connectivity index (χ0v) is 13.3. The van der Waals surface area contributed by atoms with Crippen LogP contribution in [0.25, 0.3) is 0 Å². The van der Waals surface area contributed by atoms with Gasteiger partial charge in [0.2, 0.25) is 5.79 Å². The van der Waals surface area contributed by atoms with Gasteiger partial charge in [0.25, 0.3) is 5.97 Å². The summed E-state index contributed by atoms with van der Waals surface area (Å²) >= 11 is 0. The summed E-state index contributed by atoms with van der Waals surface area (Å²) in [4.78, 5) is 11.1. The predicted octanol–water partition coefficient (Wildman–Crippen LogP) is 2.31. The smallest absolute Gasteiger partial charge is 0.284 e. The summed E-state index contributed by atoms with van der Waals surface area (Å²) < 4.78 is 4.72. The summed E-state index contributed by atoms with van der Waals surface area (Å²) in [6, 6.07) is 20.0. The van der Waals surface area contributed by atoms with Gasteiger partial charge in [0, 0.05) is 39.6 Å². The van der Waals surface area contributed by atoms with E-state index in [0.717, 1.165) is 0 Å². The molecule has 1 atom stereocenters. The molecule has 3 nitrogen and oxygen atoms in total. The minimum atomic E-state index is -1.47. The Kier molecular flexibility index (Phi) is 5.86. The fourth-order valence-electron chi connectivity index (χ4n) is 1.64. The van der Waals surface area contributed by atoms with E-state index in [-0.39, 0.29) is 32.7 Å². The third kappa shape index (κ3) is 3.97. The Bertz CT molecular complexity index is 511. The molecule has 0 fully saturated rings. The quantitative estimate of drug-likeness (QED) is 0.596. The van der Waals surface area contributed by atoms with Crippen molar-refractivity contribution in [3.05, 3.63) is 71.8 Å². The van der Waals surface area contributed by atoms with Gasteiger partial charge in [-0.1, -0.05) is 5.56 Å². The Labute approximate surface area is 137 Å². The minimum absolute atomic E-state index is 0. The molecule has 3 rings (SSSR count). The van der Waals surface area contributed by atoms with Gasteiger partial charge in [-0.15, -0.1) is 0 Å². The maximum Gasteiger partial charge on any atom is 0.284 e. The number of hydrogen-bond donors (Lipinski definition) is 1. The Morgan fingerprint density at radius 3 is 2.32 bits per heavy atom. The van der Waals surface area contributed by atoms with Crippen LogP contribution in [-0.2, 0) is 43.2 Å². The number of carbonyl (C=O) groups is 1. The molecule has 1 aliphatic rings. The van der Waals surface area contributed by atoms with Gasteiger partial charge in [0.05, 0.1) is 0 Å². The standard InChI is InChI=1S/C9H7O3.C6H5.Y/c1-9(11)7-5-3-2-4-6(7)8(10)12-9;1-2-4-6-5-3-1;/h3-5,11H,1H3;1-5H;/q2*-1;. The van der Waals surface area contributed by atoms with Gasteiger partial charge in [-0.2, -0.15) is 60.7 Å². The van der Waals surface area contributed by atoms with Crippen molar-refractivity contribution in [2.45, 2.75) is 12.7 Å². The molecule has 1 unspecified atom stereocenters. The predicted molar refractivity (Wildman–Crippen MR) is 65.5 cm³/mol. The number of ether oxygens (including phenoxy) is 1. The number of esters is 1. The van der Waals surface area contributed by atoms with Gasteiger partial charge < -0.3 is 9.84 Å². The Morgan fingerprint density at radius 2 is 1.84 bits per heavy atom. The molecular weight excluding hydrogens is 317 g/mol. The maximum atomic E-state index is 11.1. The molecule has 19 heavy (non-hydrogen) atoms. The van der Waals surface area contributed by atoms with Crippen LogP contribution in [0, 0.1) is 12.1 Å². The average Bonchev–Trinajstić information content (AvgIpc) is 2.64. The molecule has 0 bridgehead atoms. The molecule has 0 aromatic heterocycles. The topological polar surface area (TPSA) is 46.5 Å². The van der Waals surface area contributed by atoms with Crippen molar-refractivity contribution < 1.29 is 47.3 Å². The van der Waals surface area contributed by atoms with Crippen molar-refractivity contribution in [1.29, 1.82) is 0 Å². The van der Waals surface area contributed by atoms with Gasteiger partial charge in [0.1, 0.15) is 0 Å². The Hall–Kier alpha value is -1.03. The van der Waals surface area contributed by atoms with E-state index in [0.29, 0.717) is 11.1 Å². The summed E-state index contributed by atoms with van der Waals surface area (Å²) in [7, 11) is 0. The van der Waals surface area contributed by atoms with E-state index >= 15 is 0 Å². The molecular formula is C15H12O3Y-2. The van der Waals surface area contributed by atoms with E-state index in [2.05, 4.69) is 12.1 Å². The third-order valence-corrected chi connectivity index (χ3v) is 2.48. The van der Waals surface area contributed by atoms with E-state index in [1.165, 1.54) is 13.0 Å². The third-order valence-electron chi connectivity index (χ3n) is 2.48. The fourth-order valence-corrected chi connectivity index (χ4v) is 1.64. The number of cyclic esters (lactones) is 1. The first-order chi connectivity index (χ1) is 8.61. The molecule has 0 saturated heterocycles. The first-order valence-electron chi connectivity index (χ1n) is 5.48. The molecule has 1 heterocycles. The molecule has 0 amide bonds. The van der Waals surface area contributed by atoms with Crippen LogP contribution in [0.2, 0.25) is 0 Å². The van der Waals surface area contributed by atoms with Crippen LogP contribution < -0.4 is 0 Å². The van der Waals surface area contributed by atoms with Crippen molar-refractivity contribution >= 4 is 5.97 Å². The number of hydrogen-bond acceptors (Lipinski definition) is 3. The van der Waals surface area contributed by atoms with Crippen LogP contribution in [0.4, 0.5) is 0 Å². The van der Waals surface area contributed by atoms with Gasteiger partial charge in [-0.3, -0.25) is 4.79 Å². The van der Waals surface area contributed by atoms with Crippen molar-refractivity contribution in [1.82, 2.24) is 0 Å². The van der Waals surface area contributed by atoms with Crippen LogP contribution in [-0.4, -0.2) is 11.1 Å². The summed E-state index contributed by atoms with van der Waals surface area (Å²) in [6.45, 7) is 1.44. The van der Waals surface area contributed by atoms with E-state index in [1.807, 2.05) is 30.3 Å². The van der Waals surface area contributed by atoms with Crippen molar-refractivity contribution in [2.75, 3.05) is 0 Å². The number of benzene rings is 2. The van der Waals surface area contributed by atoms with E-state index in [4.69, 9.17) is 4.74 Å². The van der Waals surface area contributed by atoms with E-state index in [9.17, 15) is 9.90 Å². The average molecular weight is 329 g/mol. The molecule has 2 aromatic rings. The second kappa shape index (κ2) is 6.94. The van der Waals surface area contributed by atoms with Crippen LogP contribution in [0.3, 0.4) is 0 Å². The Morgan fingerprint density at radius 1 is 1.16 bits per heavy atom. The number of carbonyl (C=O) groups excluding carboxylic acids is 1. The van der Waals surface area contributed by atoms with Crippen molar-refractivity contribution in [3.8, 4) is 0 Å². The van der Waals surface area contributed by atoms with Crippen LogP contribution in [0.15, 0.2) is 48.5 Å². The van der Waals surface area contributed by atoms with Crippen LogP contribution in [0.1, 0.15) is 22.8 Å². The second-order valence-electron chi connectivity index (χ2n) is 3.92. The molecule has 4 heteroatoms. The molecule has 2 aromatic carbocycles. The van der Waals surface area contributed by atoms with Gasteiger partial charge in [0.15, 0.2) is 0 Å². The molecule has 0 aliphatic carbocycles. The zero-order valence-electron chi connectivity index (χ0n) is 10.5. The maximum absolute atomic E-state index is 11.1. The monoisotopic (exact) mass is 329 g/mol.